The summed E-state index contributed by atoms with van der Waals surface area (Å²) in [5.41, 5.74) is 2.31. The van der Waals surface area contributed by atoms with Gasteiger partial charge >= 0.3 is 0 Å². The Kier molecular flexibility index (Phi) is 5.32. The Balaban J connectivity index is 2.62. The van der Waals surface area contributed by atoms with E-state index in [-0.39, 0.29) is 6.29 Å². The van der Waals surface area contributed by atoms with Gasteiger partial charge in [-0.2, -0.15) is 0 Å². The largest absolute Gasteiger partial charge is 0.352 e. The van der Waals surface area contributed by atoms with Crippen LogP contribution in [0.3, 0.4) is 0 Å². The van der Waals surface area contributed by atoms with Gasteiger partial charge in [0.05, 0.1) is 0 Å². The van der Waals surface area contributed by atoms with Gasteiger partial charge in [0.15, 0.2) is 6.29 Å². The topological polar surface area (TPSA) is 30.5 Å². The SMILES string of the molecule is CCNCc1ccc(C(OC)OC)cc1. The zero-order valence-corrected chi connectivity index (χ0v) is 9.62. The molecule has 0 amide bonds. The summed E-state index contributed by atoms with van der Waals surface area (Å²) in [5.74, 6) is 0. The van der Waals surface area contributed by atoms with Gasteiger partial charge in [0.1, 0.15) is 0 Å². The highest BCUT2D eigenvalue weighted by atomic mass is 16.7. The van der Waals surface area contributed by atoms with Crippen LogP contribution in [0, 0.1) is 0 Å². The molecule has 0 aliphatic rings. The van der Waals surface area contributed by atoms with E-state index in [1.54, 1.807) is 14.2 Å². The molecule has 3 nitrogen and oxygen atoms in total. The third-order valence-corrected chi connectivity index (χ3v) is 2.26. The molecule has 0 heterocycles. The van der Waals surface area contributed by atoms with Crippen molar-refractivity contribution in [3.63, 3.8) is 0 Å². The van der Waals surface area contributed by atoms with Crippen molar-refractivity contribution >= 4 is 0 Å². The number of rotatable bonds is 6. The molecule has 0 unspecified atom stereocenters. The maximum absolute atomic E-state index is 5.17. The van der Waals surface area contributed by atoms with Gasteiger partial charge < -0.3 is 14.8 Å². The molecule has 84 valence electrons. The second-order valence-electron chi connectivity index (χ2n) is 3.33. The van der Waals surface area contributed by atoms with E-state index in [0.717, 1.165) is 18.7 Å². The summed E-state index contributed by atoms with van der Waals surface area (Å²) in [6, 6.07) is 8.24. The Morgan fingerprint density at radius 1 is 1.13 bits per heavy atom. The molecule has 0 saturated carbocycles. The van der Waals surface area contributed by atoms with Gasteiger partial charge in [-0.1, -0.05) is 31.2 Å². The van der Waals surface area contributed by atoms with E-state index in [2.05, 4.69) is 24.4 Å². The second-order valence-corrected chi connectivity index (χ2v) is 3.33. The number of hydrogen-bond donors (Lipinski definition) is 1. The fraction of sp³-hybridized carbons (Fsp3) is 0.500. The number of nitrogens with one attached hydrogen (secondary N) is 1. The molecule has 1 rings (SSSR count). The summed E-state index contributed by atoms with van der Waals surface area (Å²) in [6.45, 7) is 3.99. The first-order valence-corrected chi connectivity index (χ1v) is 5.17. The zero-order chi connectivity index (χ0) is 11.1. The lowest BCUT2D eigenvalue weighted by Gasteiger charge is -2.13. The van der Waals surface area contributed by atoms with Crippen LogP contribution in [0.4, 0.5) is 0 Å². The van der Waals surface area contributed by atoms with Crippen LogP contribution in [0.2, 0.25) is 0 Å². The molecule has 3 heteroatoms. The maximum Gasteiger partial charge on any atom is 0.183 e. The molecule has 1 N–H and O–H groups in total. The van der Waals surface area contributed by atoms with Crippen LogP contribution in [0.5, 0.6) is 0 Å². The van der Waals surface area contributed by atoms with Crippen molar-refractivity contribution in [2.75, 3.05) is 20.8 Å². The van der Waals surface area contributed by atoms with Crippen LogP contribution in [-0.4, -0.2) is 20.8 Å². The molecular weight excluding hydrogens is 190 g/mol. The van der Waals surface area contributed by atoms with Crippen molar-refractivity contribution in [1.29, 1.82) is 0 Å². The van der Waals surface area contributed by atoms with Gasteiger partial charge in [-0.3, -0.25) is 0 Å². The number of ether oxygens (including phenoxy) is 2. The third kappa shape index (κ3) is 3.63. The Morgan fingerprint density at radius 2 is 1.73 bits per heavy atom. The molecule has 0 radical (unpaired) electrons. The van der Waals surface area contributed by atoms with Crippen LogP contribution in [-0.2, 0) is 16.0 Å². The predicted octanol–water partition coefficient (Wildman–Crippen LogP) is 2.09. The molecule has 15 heavy (non-hydrogen) atoms. The van der Waals surface area contributed by atoms with E-state index in [0.29, 0.717) is 0 Å². The number of methoxy groups -OCH3 is 2. The first-order chi connectivity index (χ1) is 7.31. The summed E-state index contributed by atoms with van der Waals surface area (Å²) < 4.78 is 10.3. The molecule has 1 aromatic rings. The van der Waals surface area contributed by atoms with Crippen molar-refractivity contribution in [2.45, 2.75) is 19.8 Å². The van der Waals surface area contributed by atoms with Crippen LogP contribution in [0.15, 0.2) is 24.3 Å². The minimum Gasteiger partial charge on any atom is -0.352 e. The Morgan fingerprint density at radius 3 is 2.20 bits per heavy atom. The van der Waals surface area contributed by atoms with Crippen molar-refractivity contribution in [3.05, 3.63) is 35.4 Å². The first kappa shape index (κ1) is 12.2. The average Bonchev–Trinajstić information content (AvgIpc) is 2.29. The van der Waals surface area contributed by atoms with Crippen molar-refractivity contribution in [2.24, 2.45) is 0 Å². The fourth-order valence-corrected chi connectivity index (χ4v) is 1.43. The van der Waals surface area contributed by atoms with Crippen LogP contribution < -0.4 is 5.32 Å². The summed E-state index contributed by atoms with van der Waals surface area (Å²) in [5, 5.41) is 3.28. The lowest BCUT2D eigenvalue weighted by Crippen LogP contribution is -2.11. The maximum atomic E-state index is 5.17. The molecule has 0 spiro atoms. The van der Waals surface area contributed by atoms with Crippen LogP contribution in [0.1, 0.15) is 24.3 Å². The van der Waals surface area contributed by atoms with Gasteiger partial charge in [-0.15, -0.1) is 0 Å². The Bertz CT molecular complexity index is 267. The third-order valence-electron chi connectivity index (χ3n) is 2.26. The first-order valence-electron chi connectivity index (χ1n) is 5.17. The quantitative estimate of drug-likeness (QED) is 0.728. The molecule has 0 aromatic heterocycles. The highest BCUT2D eigenvalue weighted by molar-refractivity contribution is 5.23. The minimum atomic E-state index is -0.266. The van der Waals surface area contributed by atoms with E-state index in [4.69, 9.17) is 9.47 Å². The molecule has 0 aliphatic heterocycles. The van der Waals surface area contributed by atoms with E-state index >= 15 is 0 Å². The summed E-state index contributed by atoms with van der Waals surface area (Å²) in [6.07, 6.45) is -0.266. The van der Waals surface area contributed by atoms with E-state index in [9.17, 15) is 0 Å². The van der Waals surface area contributed by atoms with Crippen molar-refractivity contribution in [3.8, 4) is 0 Å². The lowest BCUT2D eigenvalue weighted by molar-refractivity contribution is -0.106. The molecule has 0 bridgehead atoms. The number of hydrogen-bond acceptors (Lipinski definition) is 3. The highest BCUT2D eigenvalue weighted by Crippen LogP contribution is 2.17. The van der Waals surface area contributed by atoms with Crippen LogP contribution >= 0.6 is 0 Å². The second kappa shape index (κ2) is 6.56. The van der Waals surface area contributed by atoms with Gasteiger partial charge in [0.2, 0.25) is 0 Å². The molecule has 0 fully saturated rings. The number of benzene rings is 1. The summed E-state index contributed by atoms with van der Waals surface area (Å²) >= 11 is 0. The van der Waals surface area contributed by atoms with Gasteiger partial charge in [0.25, 0.3) is 0 Å². The monoisotopic (exact) mass is 209 g/mol. The smallest absolute Gasteiger partial charge is 0.183 e. The van der Waals surface area contributed by atoms with Gasteiger partial charge in [-0.05, 0) is 12.1 Å². The molecular formula is C12H19NO2. The normalized spacial score (nSPS) is 10.9. The summed E-state index contributed by atoms with van der Waals surface area (Å²) in [4.78, 5) is 0. The molecule has 0 saturated heterocycles. The van der Waals surface area contributed by atoms with Crippen molar-refractivity contribution < 1.29 is 9.47 Å². The van der Waals surface area contributed by atoms with E-state index in [1.807, 2.05) is 12.1 Å². The summed E-state index contributed by atoms with van der Waals surface area (Å²) in [7, 11) is 3.28. The molecule has 0 atom stereocenters. The fourth-order valence-electron chi connectivity index (χ4n) is 1.43. The van der Waals surface area contributed by atoms with Crippen molar-refractivity contribution in [1.82, 2.24) is 5.32 Å². The van der Waals surface area contributed by atoms with Gasteiger partial charge in [-0.25, -0.2) is 0 Å². The highest BCUT2D eigenvalue weighted by Gasteiger charge is 2.07. The lowest BCUT2D eigenvalue weighted by atomic mass is 10.1. The average molecular weight is 209 g/mol. The van der Waals surface area contributed by atoms with E-state index in [1.165, 1.54) is 5.56 Å². The molecule has 1 aromatic carbocycles. The Labute approximate surface area is 91.4 Å². The van der Waals surface area contributed by atoms with Gasteiger partial charge in [0, 0.05) is 26.3 Å². The predicted molar refractivity (Wildman–Crippen MR) is 60.6 cm³/mol. The van der Waals surface area contributed by atoms with E-state index < -0.39 is 0 Å². The minimum absolute atomic E-state index is 0.266. The standard InChI is InChI=1S/C12H19NO2/c1-4-13-9-10-5-7-11(8-6-10)12(14-2)15-3/h5-8,12-13H,4,9H2,1-3H3. The molecule has 0 aliphatic carbocycles. The zero-order valence-electron chi connectivity index (χ0n) is 9.62. The van der Waals surface area contributed by atoms with Crippen LogP contribution in [0.25, 0.3) is 0 Å². The Hall–Kier alpha value is -0.900.